The summed E-state index contributed by atoms with van der Waals surface area (Å²) < 4.78 is 22.4. The molecule has 210 valence electrons. The largest absolute Gasteiger partial charge is 0.497 e. The van der Waals surface area contributed by atoms with Gasteiger partial charge in [0.05, 0.1) is 25.9 Å². The molecule has 4 aromatic rings. The number of esters is 1. The zero-order valence-electron chi connectivity index (χ0n) is 23.5. The van der Waals surface area contributed by atoms with Crippen LogP contribution in [0.4, 0.5) is 0 Å². The van der Waals surface area contributed by atoms with Crippen molar-refractivity contribution in [3.8, 4) is 17.2 Å². The molecule has 0 saturated carbocycles. The molecule has 0 spiro atoms. The molecule has 1 aliphatic heterocycles. The number of rotatable bonds is 10. The number of carbonyl (C=O) groups excluding carboxylic acids is 1. The average molecular weight is 550 g/mol. The highest BCUT2D eigenvalue weighted by atomic mass is 16.5. The van der Waals surface area contributed by atoms with Crippen molar-refractivity contribution >= 4 is 17.1 Å². The van der Waals surface area contributed by atoms with Gasteiger partial charge < -0.3 is 18.9 Å². The molecule has 0 unspecified atom stereocenters. The molecule has 0 aromatic heterocycles. The Kier molecular flexibility index (Phi) is 9.47. The van der Waals surface area contributed by atoms with Gasteiger partial charge >= 0.3 is 5.97 Å². The normalized spacial score (nSPS) is 14.2. The predicted molar refractivity (Wildman–Crippen MR) is 162 cm³/mol. The Morgan fingerprint density at radius 2 is 1.27 bits per heavy atom. The number of nitrogens with zero attached hydrogens (tertiary/aromatic N) is 1. The second-order valence-corrected chi connectivity index (χ2v) is 9.84. The lowest BCUT2D eigenvalue weighted by Crippen LogP contribution is -2.38. The minimum Gasteiger partial charge on any atom is -0.497 e. The van der Waals surface area contributed by atoms with Crippen molar-refractivity contribution in [3.63, 3.8) is 0 Å². The lowest BCUT2D eigenvalue weighted by Gasteiger charge is -2.26. The summed E-state index contributed by atoms with van der Waals surface area (Å²) in [4.78, 5) is 14.9. The van der Waals surface area contributed by atoms with Crippen molar-refractivity contribution in [2.24, 2.45) is 0 Å². The molecule has 0 aliphatic carbocycles. The number of ether oxygens (including phenoxy) is 4. The van der Waals surface area contributed by atoms with E-state index in [1.54, 1.807) is 19.2 Å². The van der Waals surface area contributed by atoms with Gasteiger partial charge in [-0.25, -0.2) is 4.79 Å². The average Bonchev–Trinajstić information content (AvgIpc) is 3.03. The number of benzene rings is 4. The van der Waals surface area contributed by atoms with Crippen molar-refractivity contribution < 1.29 is 23.7 Å². The molecule has 1 fully saturated rings. The molecule has 0 amide bonds. The Balaban J connectivity index is 1.37. The molecule has 1 saturated heterocycles. The second-order valence-electron chi connectivity index (χ2n) is 9.84. The van der Waals surface area contributed by atoms with Gasteiger partial charge in [0, 0.05) is 19.6 Å². The summed E-state index contributed by atoms with van der Waals surface area (Å²) in [5, 5.41) is 0. The van der Waals surface area contributed by atoms with Crippen molar-refractivity contribution in [2.75, 3.05) is 46.6 Å². The summed E-state index contributed by atoms with van der Waals surface area (Å²) >= 11 is 0. The Morgan fingerprint density at radius 3 is 1.88 bits per heavy atom. The van der Waals surface area contributed by atoms with Crippen molar-refractivity contribution in [2.45, 2.75) is 6.92 Å². The number of hydrogen-bond donors (Lipinski definition) is 0. The molecule has 0 atom stereocenters. The minimum atomic E-state index is -0.382. The van der Waals surface area contributed by atoms with E-state index in [0.29, 0.717) is 17.9 Å². The fourth-order valence-corrected chi connectivity index (χ4v) is 4.85. The summed E-state index contributed by atoms with van der Waals surface area (Å²) in [5.41, 5.74) is 5.87. The summed E-state index contributed by atoms with van der Waals surface area (Å²) in [5.74, 6) is 1.76. The molecule has 1 heterocycles. The van der Waals surface area contributed by atoms with Gasteiger partial charge in [0.15, 0.2) is 0 Å². The second kappa shape index (κ2) is 13.8. The van der Waals surface area contributed by atoms with Crippen LogP contribution in [0.2, 0.25) is 0 Å². The predicted octanol–water partition coefficient (Wildman–Crippen LogP) is 6.60. The fraction of sp³-hybridized carbons (Fsp3) is 0.229. The Labute approximate surface area is 241 Å². The maximum absolute atomic E-state index is 12.5. The van der Waals surface area contributed by atoms with E-state index in [0.717, 1.165) is 72.2 Å². The van der Waals surface area contributed by atoms with Crippen molar-refractivity contribution in [3.05, 3.63) is 125 Å². The van der Waals surface area contributed by atoms with E-state index < -0.39 is 0 Å². The first-order chi connectivity index (χ1) is 20.1. The van der Waals surface area contributed by atoms with Gasteiger partial charge in [0.1, 0.15) is 23.9 Å². The summed E-state index contributed by atoms with van der Waals surface area (Å²) in [7, 11) is 1.67. The molecule has 0 bridgehead atoms. The van der Waals surface area contributed by atoms with E-state index in [9.17, 15) is 4.79 Å². The van der Waals surface area contributed by atoms with E-state index >= 15 is 0 Å². The Morgan fingerprint density at radius 1 is 0.707 bits per heavy atom. The van der Waals surface area contributed by atoms with Crippen molar-refractivity contribution in [1.82, 2.24) is 4.90 Å². The maximum Gasteiger partial charge on any atom is 0.343 e. The van der Waals surface area contributed by atoms with Crippen LogP contribution in [0.1, 0.15) is 34.0 Å². The van der Waals surface area contributed by atoms with Crippen LogP contribution in [-0.4, -0.2) is 57.4 Å². The highest BCUT2D eigenvalue weighted by molar-refractivity contribution is 5.98. The van der Waals surface area contributed by atoms with Gasteiger partial charge in [-0.3, -0.25) is 4.90 Å². The SMILES string of the molecule is COc1ccc(/C(C)=C(\c2ccc(OCCN3CCOCC3)cc2)c2ccc(OC(=O)c3ccccc3)cc2)cc1. The van der Waals surface area contributed by atoms with E-state index in [1.807, 2.05) is 66.7 Å². The van der Waals surface area contributed by atoms with Gasteiger partial charge in [0.2, 0.25) is 0 Å². The first kappa shape index (κ1) is 28.1. The zero-order valence-corrected chi connectivity index (χ0v) is 23.5. The monoisotopic (exact) mass is 549 g/mol. The van der Waals surface area contributed by atoms with E-state index in [4.69, 9.17) is 18.9 Å². The maximum atomic E-state index is 12.5. The molecule has 1 aliphatic rings. The van der Waals surface area contributed by atoms with Crippen LogP contribution in [0.25, 0.3) is 11.1 Å². The Hall–Kier alpha value is -4.39. The number of hydrogen-bond acceptors (Lipinski definition) is 6. The molecule has 4 aromatic carbocycles. The van der Waals surface area contributed by atoms with Gasteiger partial charge in [-0.15, -0.1) is 0 Å². The van der Waals surface area contributed by atoms with Crippen molar-refractivity contribution in [1.29, 1.82) is 0 Å². The first-order valence-corrected chi connectivity index (χ1v) is 13.9. The molecule has 41 heavy (non-hydrogen) atoms. The number of allylic oxidation sites excluding steroid dienone is 1. The van der Waals surface area contributed by atoms with Crippen LogP contribution >= 0.6 is 0 Å². The summed E-state index contributed by atoms with van der Waals surface area (Å²) in [6.07, 6.45) is 0. The fourth-order valence-electron chi connectivity index (χ4n) is 4.85. The first-order valence-electron chi connectivity index (χ1n) is 13.9. The summed E-state index contributed by atoms with van der Waals surface area (Å²) in [6, 6.07) is 32.9. The topological polar surface area (TPSA) is 57.2 Å². The third-order valence-corrected chi connectivity index (χ3v) is 7.18. The standard InChI is InChI=1S/C35H35NO5/c1-26(27-8-14-31(38-2)15-9-27)34(28-10-16-32(17-11-28)40-25-22-36-20-23-39-24-21-36)29-12-18-33(19-13-29)41-35(37)30-6-4-3-5-7-30/h3-19H,20-25H2,1-2H3/b34-26+. The highest BCUT2D eigenvalue weighted by Crippen LogP contribution is 2.34. The molecular formula is C35H35NO5. The lowest BCUT2D eigenvalue weighted by atomic mass is 9.90. The molecule has 0 radical (unpaired) electrons. The van der Waals surface area contributed by atoms with Gasteiger partial charge in [-0.1, -0.05) is 54.6 Å². The molecule has 6 heteroatoms. The van der Waals surface area contributed by atoms with E-state index in [1.165, 1.54) is 0 Å². The van der Waals surface area contributed by atoms with Crippen LogP contribution in [0, 0.1) is 0 Å². The highest BCUT2D eigenvalue weighted by Gasteiger charge is 2.14. The third-order valence-electron chi connectivity index (χ3n) is 7.18. The summed E-state index contributed by atoms with van der Waals surface area (Å²) in [6.45, 7) is 7.11. The lowest BCUT2D eigenvalue weighted by molar-refractivity contribution is 0.0322. The minimum absolute atomic E-state index is 0.382. The molecule has 6 nitrogen and oxygen atoms in total. The van der Waals surface area contributed by atoms with E-state index in [-0.39, 0.29) is 5.97 Å². The van der Waals surface area contributed by atoms with Crippen LogP contribution in [0.5, 0.6) is 17.2 Å². The Bertz CT molecular complexity index is 1440. The number of carbonyl (C=O) groups is 1. The smallest absolute Gasteiger partial charge is 0.343 e. The quantitative estimate of drug-likeness (QED) is 0.126. The van der Waals surface area contributed by atoms with Crippen LogP contribution < -0.4 is 14.2 Å². The molecule has 5 rings (SSSR count). The van der Waals surface area contributed by atoms with Gasteiger partial charge in [-0.05, 0) is 83.3 Å². The third kappa shape index (κ3) is 7.42. The van der Waals surface area contributed by atoms with Crippen LogP contribution in [0.15, 0.2) is 103 Å². The zero-order chi connectivity index (χ0) is 28.4. The molecular weight excluding hydrogens is 514 g/mol. The number of morpholine rings is 1. The van der Waals surface area contributed by atoms with E-state index in [2.05, 4.69) is 36.1 Å². The number of methoxy groups -OCH3 is 1. The van der Waals surface area contributed by atoms with Crippen LogP contribution in [0.3, 0.4) is 0 Å². The van der Waals surface area contributed by atoms with Gasteiger partial charge in [0.25, 0.3) is 0 Å². The molecule has 0 N–H and O–H groups in total. The van der Waals surface area contributed by atoms with Gasteiger partial charge in [-0.2, -0.15) is 0 Å². The van der Waals surface area contributed by atoms with Crippen LogP contribution in [-0.2, 0) is 4.74 Å².